The number of nitrogens with zero attached hydrogens (tertiary/aromatic N) is 1. The lowest BCUT2D eigenvalue weighted by Gasteiger charge is -2.03. The second-order valence-electron chi connectivity index (χ2n) is 3.40. The van der Waals surface area contributed by atoms with Gasteiger partial charge in [-0.3, -0.25) is 0 Å². The van der Waals surface area contributed by atoms with E-state index in [1.165, 1.54) is 5.56 Å². The van der Waals surface area contributed by atoms with E-state index in [9.17, 15) is 8.42 Å². The zero-order valence-electron chi connectivity index (χ0n) is 8.89. The largest absolute Gasteiger partial charge is 0.225 e. The molecule has 5 heteroatoms. The second-order valence-corrected chi connectivity index (χ2v) is 5.21. The molecule has 1 rings (SSSR count). The number of nitrogens with one attached hydrogen (secondary N) is 1. The Morgan fingerprint density at radius 2 is 1.94 bits per heavy atom. The van der Waals surface area contributed by atoms with Crippen molar-refractivity contribution in [1.29, 1.82) is 5.26 Å². The van der Waals surface area contributed by atoms with Crippen molar-refractivity contribution in [2.24, 2.45) is 0 Å². The fourth-order valence-electron chi connectivity index (χ4n) is 1.30. The highest BCUT2D eigenvalue weighted by Gasteiger charge is 2.07. The molecule has 0 radical (unpaired) electrons. The summed E-state index contributed by atoms with van der Waals surface area (Å²) in [4.78, 5) is 0. The Morgan fingerprint density at radius 3 is 2.56 bits per heavy atom. The van der Waals surface area contributed by atoms with Gasteiger partial charge in [-0.15, -0.1) is 0 Å². The standard InChI is InChI=1S/C11H14N2O2S/c12-8-10-16(14,15)13-9-4-7-11-5-2-1-3-6-11/h1-3,5-6,13H,4,7,9-10H2. The molecule has 0 fully saturated rings. The molecule has 0 spiro atoms. The minimum atomic E-state index is -3.40. The zero-order chi connectivity index (χ0) is 11.9. The molecule has 1 N–H and O–H groups in total. The monoisotopic (exact) mass is 238 g/mol. The molecule has 0 atom stereocenters. The fraction of sp³-hybridized carbons (Fsp3) is 0.364. The molecule has 0 unspecified atom stereocenters. The van der Waals surface area contributed by atoms with Crippen molar-refractivity contribution in [3.05, 3.63) is 35.9 Å². The third-order valence-electron chi connectivity index (χ3n) is 2.06. The van der Waals surface area contributed by atoms with Crippen LogP contribution in [0.15, 0.2) is 30.3 Å². The highest BCUT2D eigenvalue weighted by molar-refractivity contribution is 7.89. The van der Waals surface area contributed by atoms with Crippen molar-refractivity contribution in [2.45, 2.75) is 12.8 Å². The SMILES string of the molecule is N#CCS(=O)(=O)NCCCc1ccccc1. The Kier molecular flexibility index (Phi) is 4.96. The van der Waals surface area contributed by atoms with Crippen LogP contribution in [0.2, 0.25) is 0 Å². The van der Waals surface area contributed by atoms with Crippen LogP contribution in [0.4, 0.5) is 0 Å². The molecule has 0 heterocycles. The zero-order valence-corrected chi connectivity index (χ0v) is 9.70. The van der Waals surface area contributed by atoms with Gasteiger partial charge in [0, 0.05) is 6.54 Å². The summed E-state index contributed by atoms with van der Waals surface area (Å²) in [5, 5.41) is 8.27. The van der Waals surface area contributed by atoms with Gasteiger partial charge < -0.3 is 0 Å². The number of sulfonamides is 1. The Hall–Kier alpha value is -1.38. The number of hydrogen-bond acceptors (Lipinski definition) is 3. The molecule has 1 aromatic rings. The minimum Gasteiger partial charge on any atom is -0.214 e. The van der Waals surface area contributed by atoms with Crippen LogP contribution in [-0.2, 0) is 16.4 Å². The van der Waals surface area contributed by atoms with Gasteiger partial charge in [0.2, 0.25) is 10.0 Å². The van der Waals surface area contributed by atoms with Crippen molar-refractivity contribution in [3.63, 3.8) is 0 Å². The highest BCUT2D eigenvalue weighted by atomic mass is 32.2. The molecule has 1 aromatic carbocycles. The van der Waals surface area contributed by atoms with Crippen LogP contribution in [0.1, 0.15) is 12.0 Å². The summed E-state index contributed by atoms with van der Waals surface area (Å²) < 4.78 is 24.6. The molecule has 0 aliphatic heterocycles. The molecule has 0 saturated carbocycles. The van der Waals surface area contributed by atoms with Gasteiger partial charge in [0.25, 0.3) is 0 Å². The van der Waals surface area contributed by atoms with E-state index in [-0.39, 0.29) is 0 Å². The smallest absolute Gasteiger partial charge is 0.214 e. The maximum Gasteiger partial charge on any atom is 0.225 e. The Labute approximate surface area is 96.0 Å². The van der Waals surface area contributed by atoms with Crippen molar-refractivity contribution in [1.82, 2.24) is 4.72 Å². The van der Waals surface area contributed by atoms with E-state index < -0.39 is 15.8 Å². The van der Waals surface area contributed by atoms with E-state index in [4.69, 9.17) is 5.26 Å². The second kappa shape index (κ2) is 6.26. The Bertz CT molecular complexity index is 449. The van der Waals surface area contributed by atoms with E-state index >= 15 is 0 Å². The van der Waals surface area contributed by atoms with Crippen LogP contribution in [0.5, 0.6) is 0 Å². The topological polar surface area (TPSA) is 70.0 Å². The van der Waals surface area contributed by atoms with Crippen molar-refractivity contribution in [3.8, 4) is 6.07 Å². The minimum absolute atomic E-state index is 0.374. The van der Waals surface area contributed by atoms with Crippen LogP contribution in [0.3, 0.4) is 0 Å². The summed E-state index contributed by atoms with van der Waals surface area (Å²) in [6.07, 6.45) is 1.56. The number of aryl methyl sites for hydroxylation is 1. The number of rotatable bonds is 6. The third-order valence-corrected chi connectivity index (χ3v) is 3.21. The van der Waals surface area contributed by atoms with Crippen LogP contribution in [-0.4, -0.2) is 20.7 Å². The quantitative estimate of drug-likeness (QED) is 0.753. The van der Waals surface area contributed by atoms with E-state index in [1.807, 2.05) is 30.3 Å². The molecule has 0 saturated heterocycles. The lowest BCUT2D eigenvalue weighted by atomic mass is 10.1. The summed E-state index contributed by atoms with van der Waals surface area (Å²) in [6.45, 7) is 0.374. The molecular weight excluding hydrogens is 224 g/mol. The summed E-state index contributed by atoms with van der Waals surface area (Å²) in [6, 6.07) is 11.5. The molecular formula is C11H14N2O2S. The van der Waals surface area contributed by atoms with E-state index in [0.717, 1.165) is 12.8 Å². The first-order chi connectivity index (χ1) is 7.64. The normalized spacial score (nSPS) is 10.9. The van der Waals surface area contributed by atoms with Crippen molar-refractivity contribution >= 4 is 10.0 Å². The van der Waals surface area contributed by atoms with E-state index in [0.29, 0.717) is 6.54 Å². The molecule has 4 nitrogen and oxygen atoms in total. The first kappa shape index (κ1) is 12.7. The number of benzene rings is 1. The molecule has 0 aromatic heterocycles. The summed E-state index contributed by atoms with van der Waals surface area (Å²) in [7, 11) is -3.40. The summed E-state index contributed by atoms with van der Waals surface area (Å²) >= 11 is 0. The lowest BCUT2D eigenvalue weighted by Crippen LogP contribution is -2.27. The van der Waals surface area contributed by atoms with Crippen molar-refractivity contribution < 1.29 is 8.42 Å². The van der Waals surface area contributed by atoms with Gasteiger partial charge >= 0.3 is 0 Å². The fourth-order valence-corrected chi connectivity index (χ4v) is 2.03. The van der Waals surface area contributed by atoms with Crippen LogP contribution >= 0.6 is 0 Å². The maximum atomic E-state index is 11.1. The van der Waals surface area contributed by atoms with Crippen molar-refractivity contribution in [2.75, 3.05) is 12.3 Å². The number of hydrogen-bond donors (Lipinski definition) is 1. The number of nitriles is 1. The highest BCUT2D eigenvalue weighted by Crippen LogP contribution is 2.01. The predicted molar refractivity (Wildman–Crippen MR) is 62.2 cm³/mol. The maximum absolute atomic E-state index is 11.1. The first-order valence-corrected chi connectivity index (χ1v) is 6.67. The average molecular weight is 238 g/mol. The van der Waals surface area contributed by atoms with Gasteiger partial charge in [0.15, 0.2) is 5.75 Å². The lowest BCUT2D eigenvalue weighted by molar-refractivity contribution is 0.582. The van der Waals surface area contributed by atoms with Gasteiger partial charge in [0.1, 0.15) is 0 Å². The van der Waals surface area contributed by atoms with Gasteiger partial charge in [0.05, 0.1) is 6.07 Å². The van der Waals surface area contributed by atoms with Crippen LogP contribution in [0, 0.1) is 11.3 Å². The van der Waals surface area contributed by atoms with Gasteiger partial charge in [-0.25, -0.2) is 13.1 Å². The van der Waals surface area contributed by atoms with Gasteiger partial charge in [-0.05, 0) is 18.4 Å². The summed E-state index contributed by atoms with van der Waals surface area (Å²) in [5.41, 5.74) is 1.18. The Morgan fingerprint density at radius 1 is 1.25 bits per heavy atom. The summed E-state index contributed by atoms with van der Waals surface area (Å²) in [5.74, 6) is -0.474. The molecule has 86 valence electrons. The predicted octanol–water partition coefficient (Wildman–Crippen LogP) is 1.06. The van der Waals surface area contributed by atoms with E-state index in [2.05, 4.69) is 4.72 Å². The molecule has 0 aliphatic carbocycles. The molecule has 0 amide bonds. The van der Waals surface area contributed by atoms with Gasteiger partial charge in [-0.1, -0.05) is 30.3 Å². The average Bonchev–Trinajstić information content (AvgIpc) is 2.26. The molecule has 0 bridgehead atoms. The molecule has 16 heavy (non-hydrogen) atoms. The first-order valence-electron chi connectivity index (χ1n) is 5.02. The molecule has 0 aliphatic rings. The van der Waals surface area contributed by atoms with Crippen LogP contribution < -0.4 is 4.72 Å². The Balaban J connectivity index is 2.26. The van der Waals surface area contributed by atoms with E-state index in [1.54, 1.807) is 6.07 Å². The van der Waals surface area contributed by atoms with Gasteiger partial charge in [-0.2, -0.15) is 5.26 Å². The third kappa shape index (κ3) is 4.91. The van der Waals surface area contributed by atoms with Crippen LogP contribution in [0.25, 0.3) is 0 Å².